The van der Waals surface area contributed by atoms with Crippen LogP contribution in [-0.2, 0) is 16.2 Å². The fraction of sp³-hybridized carbons (Fsp3) is 0.412. The van der Waals surface area contributed by atoms with E-state index in [1.807, 2.05) is 30.3 Å². The van der Waals surface area contributed by atoms with E-state index in [0.29, 0.717) is 6.61 Å². The third-order valence-electron chi connectivity index (χ3n) is 3.17. The van der Waals surface area contributed by atoms with Gasteiger partial charge in [-0.05, 0) is 22.7 Å². The smallest absolute Gasteiger partial charge is 0.291 e. The van der Waals surface area contributed by atoms with Crippen molar-refractivity contribution in [2.24, 2.45) is 5.41 Å². The lowest BCUT2D eigenvalue weighted by Crippen LogP contribution is -2.35. The van der Waals surface area contributed by atoms with E-state index in [1.165, 1.54) is 11.0 Å². The van der Waals surface area contributed by atoms with E-state index in [2.05, 4.69) is 36.3 Å². The van der Waals surface area contributed by atoms with Gasteiger partial charge >= 0.3 is 0 Å². The largest absolute Gasteiger partial charge is 0.356 e. The van der Waals surface area contributed by atoms with Crippen molar-refractivity contribution >= 4 is 11.8 Å². The molecule has 2 aromatic rings. The van der Waals surface area contributed by atoms with Crippen molar-refractivity contribution < 1.29 is 4.74 Å². The molecule has 0 aliphatic carbocycles. The van der Waals surface area contributed by atoms with Crippen LogP contribution in [0.1, 0.15) is 26.3 Å². The molecule has 0 saturated carbocycles. The summed E-state index contributed by atoms with van der Waals surface area (Å²) >= 11 is 1.03. The Morgan fingerprint density at radius 1 is 1.29 bits per heavy atom. The second kappa shape index (κ2) is 7.60. The van der Waals surface area contributed by atoms with Crippen LogP contribution in [0.25, 0.3) is 0 Å². The van der Waals surface area contributed by atoms with Crippen molar-refractivity contribution in [3.63, 3.8) is 0 Å². The number of nitrogens with zero attached hydrogens (tertiary/aromatic N) is 4. The Bertz CT molecular complexity index is 744. The fourth-order valence-corrected chi connectivity index (χ4v) is 2.76. The van der Waals surface area contributed by atoms with Gasteiger partial charge in [0.25, 0.3) is 5.56 Å². The van der Waals surface area contributed by atoms with Gasteiger partial charge in [0.05, 0.1) is 13.2 Å². The Kier molecular flexibility index (Phi) is 5.75. The molecule has 6 nitrogen and oxygen atoms in total. The van der Waals surface area contributed by atoms with E-state index >= 15 is 0 Å². The molecule has 2 rings (SSSR count). The number of rotatable bonds is 6. The molecule has 1 atom stereocenters. The molecule has 0 saturated heterocycles. The van der Waals surface area contributed by atoms with Crippen LogP contribution >= 0.6 is 11.8 Å². The Morgan fingerprint density at radius 3 is 2.54 bits per heavy atom. The number of thioether (sulfide) groups is 1. The van der Waals surface area contributed by atoms with Gasteiger partial charge < -0.3 is 4.74 Å². The van der Waals surface area contributed by atoms with Gasteiger partial charge in [0.15, 0.2) is 4.93 Å². The summed E-state index contributed by atoms with van der Waals surface area (Å²) in [6.45, 7) is 6.93. The van der Waals surface area contributed by atoms with Crippen LogP contribution in [0.3, 0.4) is 0 Å². The average molecular weight is 344 g/mol. The molecule has 0 N–H and O–H groups in total. The highest BCUT2D eigenvalue weighted by Crippen LogP contribution is 2.40. The predicted molar refractivity (Wildman–Crippen MR) is 93.0 cm³/mol. The maximum absolute atomic E-state index is 11.2. The van der Waals surface area contributed by atoms with Crippen LogP contribution in [0.2, 0.25) is 0 Å². The SMILES string of the molecule is CC(C)(C)CO[C@@](Cn1cnc(=O)cn1)(SC#N)c1ccccc1. The zero-order chi connectivity index (χ0) is 17.6. The third kappa shape index (κ3) is 4.91. The Hall–Kier alpha value is -2.17. The number of nitriles is 1. The van der Waals surface area contributed by atoms with E-state index in [9.17, 15) is 10.1 Å². The van der Waals surface area contributed by atoms with Crippen molar-refractivity contribution in [2.75, 3.05) is 6.61 Å². The molecule has 7 heteroatoms. The molecule has 0 spiro atoms. The lowest BCUT2D eigenvalue weighted by molar-refractivity contribution is -0.0284. The molecule has 0 aliphatic rings. The van der Waals surface area contributed by atoms with Crippen molar-refractivity contribution in [3.8, 4) is 5.40 Å². The standard InChI is InChI=1S/C17H20N4O2S/c1-16(2,3)11-23-17(24-12-18,14-7-5-4-6-8-14)10-21-13-19-15(22)9-20-21/h4-9,13H,10-11H2,1-3H3/t17-/m0/s1. The van der Waals surface area contributed by atoms with E-state index in [1.54, 1.807) is 0 Å². The van der Waals surface area contributed by atoms with Gasteiger partial charge in [-0.3, -0.25) is 4.79 Å². The Morgan fingerprint density at radius 2 is 2.00 bits per heavy atom. The van der Waals surface area contributed by atoms with Crippen molar-refractivity contribution in [1.82, 2.24) is 14.8 Å². The van der Waals surface area contributed by atoms with Gasteiger partial charge in [-0.2, -0.15) is 15.3 Å². The summed E-state index contributed by atoms with van der Waals surface area (Å²) in [4.78, 5) is 14.0. The summed E-state index contributed by atoms with van der Waals surface area (Å²) in [7, 11) is 0. The summed E-state index contributed by atoms with van der Waals surface area (Å²) in [6, 6.07) is 9.55. The van der Waals surface area contributed by atoms with Gasteiger partial charge in [-0.1, -0.05) is 51.1 Å². The summed E-state index contributed by atoms with van der Waals surface area (Å²) in [5.41, 5.74) is 0.395. The lowest BCUT2D eigenvalue weighted by atomic mass is 9.98. The second-order valence-electron chi connectivity index (χ2n) is 6.59. The minimum Gasteiger partial charge on any atom is -0.356 e. The molecular formula is C17H20N4O2S. The van der Waals surface area contributed by atoms with Gasteiger partial charge in [0, 0.05) is 0 Å². The molecule has 0 aliphatic heterocycles. The van der Waals surface area contributed by atoms with E-state index in [-0.39, 0.29) is 12.0 Å². The van der Waals surface area contributed by atoms with Crippen LogP contribution in [0.4, 0.5) is 0 Å². The Labute approximate surface area is 145 Å². The molecule has 0 fully saturated rings. The molecule has 0 unspecified atom stereocenters. The monoisotopic (exact) mass is 344 g/mol. The normalized spacial score (nSPS) is 13.9. The summed E-state index contributed by atoms with van der Waals surface area (Å²) < 4.78 is 7.74. The molecule has 0 radical (unpaired) electrons. The molecule has 0 bridgehead atoms. The number of hydrogen-bond donors (Lipinski definition) is 0. The van der Waals surface area contributed by atoms with E-state index in [4.69, 9.17) is 4.74 Å². The zero-order valence-corrected chi connectivity index (χ0v) is 14.8. The predicted octanol–water partition coefficient (Wildman–Crippen LogP) is 2.77. The maximum Gasteiger partial charge on any atom is 0.291 e. The first kappa shape index (κ1) is 18.2. The first-order valence-corrected chi connectivity index (χ1v) is 8.32. The zero-order valence-electron chi connectivity index (χ0n) is 14.0. The van der Waals surface area contributed by atoms with Crippen LogP contribution < -0.4 is 5.56 Å². The van der Waals surface area contributed by atoms with Crippen molar-refractivity contribution in [1.29, 1.82) is 5.26 Å². The number of hydrogen-bond acceptors (Lipinski definition) is 6. The number of aromatic nitrogens is 3. The first-order chi connectivity index (χ1) is 11.3. The fourth-order valence-electron chi connectivity index (χ4n) is 2.04. The van der Waals surface area contributed by atoms with Crippen molar-refractivity contribution in [3.05, 3.63) is 58.8 Å². The topological polar surface area (TPSA) is 80.8 Å². The number of thiocyanates is 1. The highest BCUT2D eigenvalue weighted by molar-refractivity contribution is 8.04. The first-order valence-electron chi connectivity index (χ1n) is 7.50. The molecule has 1 aromatic carbocycles. The number of ether oxygens (including phenoxy) is 1. The lowest BCUT2D eigenvalue weighted by Gasteiger charge is -2.34. The van der Waals surface area contributed by atoms with Gasteiger partial charge in [0.1, 0.15) is 17.9 Å². The second-order valence-corrected chi connectivity index (χ2v) is 7.63. The minimum atomic E-state index is -0.937. The van der Waals surface area contributed by atoms with Crippen LogP contribution in [0.5, 0.6) is 0 Å². The van der Waals surface area contributed by atoms with Gasteiger partial charge in [-0.25, -0.2) is 4.68 Å². The molecule has 1 heterocycles. The number of benzene rings is 1. The summed E-state index contributed by atoms with van der Waals surface area (Å²) in [5.74, 6) is 0. The van der Waals surface area contributed by atoms with Crippen molar-refractivity contribution in [2.45, 2.75) is 32.2 Å². The molecular weight excluding hydrogens is 324 g/mol. The highest BCUT2D eigenvalue weighted by Gasteiger charge is 2.37. The van der Waals surface area contributed by atoms with Gasteiger partial charge in [0.2, 0.25) is 0 Å². The van der Waals surface area contributed by atoms with Gasteiger partial charge in [-0.15, -0.1) is 0 Å². The van der Waals surface area contributed by atoms with E-state index in [0.717, 1.165) is 23.5 Å². The van der Waals surface area contributed by atoms with E-state index < -0.39 is 10.5 Å². The summed E-state index contributed by atoms with van der Waals surface area (Å²) in [6.07, 6.45) is 2.51. The molecule has 24 heavy (non-hydrogen) atoms. The highest BCUT2D eigenvalue weighted by atomic mass is 32.2. The Balaban J connectivity index is 2.42. The molecule has 1 aromatic heterocycles. The molecule has 0 amide bonds. The van der Waals surface area contributed by atoms with Crippen LogP contribution in [-0.4, -0.2) is 21.4 Å². The maximum atomic E-state index is 11.2. The molecule has 126 valence electrons. The average Bonchev–Trinajstić information content (AvgIpc) is 2.55. The van der Waals surface area contributed by atoms with Crippen LogP contribution in [0.15, 0.2) is 47.7 Å². The summed E-state index contributed by atoms with van der Waals surface area (Å²) in [5, 5.41) is 15.6. The minimum absolute atomic E-state index is 0.0642. The quantitative estimate of drug-likeness (QED) is 0.592. The van der Waals surface area contributed by atoms with Crippen LogP contribution in [0, 0.1) is 16.1 Å². The third-order valence-corrected chi connectivity index (χ3v) is 4.07.